The Morgan fingerprint density at radius 3 is 1.06 bits per heavy atom. The maximum absolute atomic E-state index is 16.5. The van der Waals surface area contributed by atoms with E-state index in [1.54, 1.807) is 0 Å². The van der Waals surface area contributed by atoms with Gasteiger partial charge < -0.3 is 43.5 Å². The van der Waals surface area contributed by atoms with Gasteiger partial charge >= 0.3 is 59.0 Å². The molecule has 0 bridgehead atoms. The predicted octanol–water partition coefficient (Wildman–Crippen LogP) is 10.9. The zero-order valence-electron chi connectivity index (χ0n) is 43.6. The first-order valence-corrected chi connectivity index (χ1v) is 33.4. The molecule has 7 rings (SSSR count). The van der Waals surface area contributed by atoms with Gasteiger partial charge in [0.25, 0.3) is 0 Å². The smallest absolute Gasteiger partial charge is 0.450 e. The summed E-state index contributed by atoms with van der Waals surface area (Å²) in [6, 6.07) is 25.9. The average Bonchev–Trinajstić information content (AvgIpc) is 1.48. The zero-order valence-corrected chi connectivity index (χ0v) is 48.8. The first-order valence-electron chi connectivity index (χ1n) is 24.1. The van der Waals surface area contributed by atoms with E-state index in [2.05, 4.69) is 0 Å². The molecule has 0 spiro atoms. The number of esters is 1. The van der Waals surface area contributed by atoms with Crippen molar-refractivity contribution in [2.75, 3.05) is 7.11 Å². The molecule has 7 aromatic rings. The van der Waals surface area contributed by atoms with E-state index in [4.69, 9.17) is 9.26 Å². The highest BCUT2D eigenvalue weighted by Gasteiger charge is 2.55. The van der Waals surface area contributed by atoms with Crippen LogP contribution in [-0.4, -0.2) is 72.8 Å². The van der Waals surface area contributed by atoms with Crippen LogP contribution in [0.2, 0.25) is 0 Å². The van der Waals surface area contributed by atoms with Crippen molar-refractivity contribution in [1.29, 1.82) is 0 Å². The van der Waals surface area contributed by atoms with Gasteiger partial charge in [0.2, 0.25) is 20.0 Å². The number of sulfonamides is 2. The second kappa shape index (κ2) is 24.7. The number of halogens is 8. The van der Waals surface area contributed by atoms with Crippen molar-refractivity contribution in [3.8, 4) is 16.9 Å². The van der Waals surface area contributed by atoms with Crippen LogP contribution in [0, 0.1) is 0 Å². The Morgan fingerprint density at radius 1 is 0.419 bits per heavy atom. The van der Waals surface area contributed by atoms with Gasteiger partial charge in [-0.05, 0) is 46.5 Å². The van der Waals surface area contributed by atoms with Gasteiger partial charge in [-0.25, -0.2) is 26.2 Å². The number of alkyl halides is 8. The van der Waals surface area contributed by atoms with E-state index in [1.807, 2.05) is 0 Å². The highest BCUT2D eigenvalue weighted by Crippen LogP contribution is 2.64. The maximum atomic E-state index is 16.5. The van der Waals surface area contributed by atoms with E-state index in [0.29, 0.717) is 57.1 Å². The summed E-state index contributed by atoms with van der Waals surface area (Å²) in [6.45, 7) is -3.01. The predicted molar refractivity (Wildman–Crippen MR) is 290 cm³/mol. The van der Waals surface area contributed by atoms with Crippen LogP contribution in [0.4, 0.5) is 35.1 Å². The van der Waals surface area contributed by atoms with Crippen LogP contribution in [0.15, 0.2) is 180 Å². The molecular formula is C52H46F8N2O18P4S2. The average molecular weight is 1330 g/mol. The van der Waals surface area contributed by atoms with Crippen LogP contribution in [0.5, 0.6) is 5.75 Å². The lowest BCUT2D eigenvalue weighted by molar-refractivity contribution is 0.0564. The van der Waals surface area contributed by atoms with Gasteiger partial charge in [0.1, 0.15) is 5.75 Å². The third-order valence-electron chi connectivity index (χ3n) is 12.9. The minimum Gasteiger partial charge on any atom is -0.465 e. The number of benzene rings is 7. The largest absolute Gasteiger partial charge is 0.465 e. The molecule has 7 N–H and O–H groups in total. The van der Waals surface area contributed by atoms with Crippen molar-refractivity contribution in [2.24, 2.45) is 0 Å². The highest BCUT2D eigenvalue weighted by atomic mass is 32.2. The van der Waals surface area contributed by atoms with Gasteiger partial charge in [-0.2, -0.15) is 43.7 Å². The summed E-state index contributed by atoms with van der Waals surface area (Å²) in [5, 5.41) is 0. The standard InChI is InChI=1S/C52H46F8N2O18P4S2/c1-79-48(63)44-10-4-7-13-47(44)86(77,78)62(32-36-18-26-40(27-19-36)51(57,58)83(70,71)72)33-37-20-28-41(29-21-37)52(59,60)84(73,74)80-45-11-5-2-8-42(45)43-9-3-6-12-46(43)85(75,76)61(30-34-14-22-38(23-15-34)49(53,54)81(64,65)66)31-35-16-24-39(25-17-35)50(55,56)82(67,68)69/h2-29H,30-33H2,1H3,(H,73,74)(H2,64,65,66)(H2,67,68,69)(H2,70,71,72). The Kier molecular flexibility index (Phi) is 19.3. The summed E-state index contributed by atoms with van der Waals surface area (Å²) in [4.78, 5) is 77.9. The van der Waals surface area contributed by atoms with Crippen LogP contribution in [0.3, 0.4) is 0 Å². The van der Waals surface area contributed by atoms with Gasteiger partial charge in [-0.15, -0.1) is 0 Å². The fraction of sp³-hybridized carbons (Fsp3) is 0.173. The van der Waals surface area contributed by atoms with Crippen molar-refractivity contribution in [2.45, 2.75) is 58.6 Å². The molecule has 0 fully saturated rings. The fourth-order valence-corrected chi connectivity index (χ4v) is 14.0. The molecule has 0 radical (unpaired) electrons. The molecule has 7 aromatic carbocycles. The Labute approximate surface area is 484 Å². The topological polar surface area (TPSA) is 320 Å². The highest BCUT2D eigenvalue weighted by molar-refractivity contribution is 7.89. The molecule has 1 atom stereocenters. The van der Waals surface area contributed by atoms with E-state index in [9.17, 15) is 100 Å². The molecule has 20 nitrogen and oxygen atoms in total. The van der Waals surface area contributed by atoms with Crippen molar-refractivity contribution in [3.05, 3.63) is 220 Å². The Hall–Kier alpha value is -6.29. The van der Waals surface area contributed by atoms with Crippen molar-refractivity contribution in [1.82, 2.24) is 8.61 Å². The number of nitrogens with zero attached hydrogens (tertiary/aromatic N) is 2. The SMILES string of the molecule is COC(=O)c1ccccc1S(=O)(=O)N(Cc1ccc(C(F)(F)P(=O)(O)O)cc1)Cc1ccc(C(F)(F)P(=O)(O)Oc2ccccc2-c2ccccc2S(=O)(=O)N(Cc2ccc(C(F)(F)P(=O)(O)O)cc2)Cc2ccc(C(F)(F)P(=O)(O)O)cc2)cc1. The summed E-state index contributed by atoms with van der Waals surface area (Å²) in [5.74, 6) is -1.92. The molecule has 0 aliphatic heterocycles. The van der Waals surface area contributed by atoms with Gasteiger partial charge in [0.15, 0.2) is 0 Å². The fourth-order valence-electron chi connectivity index (χ4n) is 8.30. The van der Waals surface area contributed by atoms with Crippen LogP contribution >= 0.6 is 30.4 Å². The second-order valence-corrected chi connectivity index (χ2v) is 29.3. The molecule has 0 aromatic heterocycles. The summed E-state index contributed by atoms with van der Waals surface area (Å²) < 4.78 is 239. The minimum atomic E-state index is -6.36. The zero-order chi connectivity index (χ0) is 63.9. The van der Waals surface area contributed by atoms with Gasteiger partial charge in [0.05, 0.1) is 22.5 Å². The van der Waals surface area contributed by atoms with Crippen LogP contribution < -0.4 is 4.52 Å². The van der Waals surface area contributed by atoms with Crippen molar-refractivity contribution in [3.63, 3.8) is 0 Å². The molecule has 0 heterocycles. The quantitative estimate of drug-likeness (QED) is 0.0168. The first-order chi connectivity index (χ1) is 39.7. The summed E-state index contributed by atoms with van der Waals surface area (Å²) >= 11 is 0. The molecule has 0 saturated heterocycles. The number of rotatable bonds is 24. The van der Waals surface area contributed by atoms with Gasteiger partial charge in [-0.3, -0.25) is 13.7 Å². The van der Waals surface area contributed by atoms with Crippen LogP contribution in [0.25, 0.3) is 11.1 Å². The van der Waals surface area contributed by atoms with E-state index >= 15 is 8.78 Å². The molecule has 0 saturated carbocycles. The maximum Gasteiger partial charge on any atom is 0.450 e. The number of ether oxygens (including phenoxy) is 1. The molecule has 0 aliphatic carbocycles. The minimum absolute atomic E-state index is 0.0568. The van der Waals surface area contributed by atoms with E-state index in [0.717, 1.165) is 98.1 Å². The molecule has 0 amide bonds. The van der Waals surface area contributed by atoms with Gasteiger partial charge in [-0.1, -0.05) is 146 Å². The number of hydrogen-bond donors (Lipinski definition) is 7. The number of carbonyl (C=O) groups excluding carboxylic acids is 1. The Morgan fingerprint density at radius 2 is 0.709 bits per heavy atom. The number of para-hydroxylation sites is 1. The van der Waals surface area contributed by atoms with Crippen LogP contribution in [0.1, 0.15) is 54.9 Å². The van der Waals surface area contributed by atoms with E-state index < -0.39 is 160 Å². The normalized spacial score (nSPS) is 14.0. The molecule has 1 unspecified atom stereocenters. The Balaban J connectivity index is 1.21. The molecule has 34 heteroatoms. The van der Waals surface area contributed by atoms with Crippen LogP contribution in [-0.2, 0) is 91.9 Å². The third kappa shape index (κ3) is 13.8. The first kappa shape index (κ1) is 67.2. The monoisotopic (exact) mass is 1330 g/mol. The molecular weight excluding hydrogens is 1280 g/mol. The lowest BCUT2D eigenvalue weighted by Crippen LogP contribution is -2.31. The lowest BCUT2D eigenvalue weighted by Gasteiger charge is -2.26. The molecule has 0 aliphatic rings. The molecule has 460 valence electrons. The summed E-state index contributed by atoms with van der Waals surface area (Å²) in [6.07, 6.45) is 0. The third-order valence-corrected chi connectivity index (χ3v) is 21.0. The van der Waals surface area contributed by atoms with Crippen molar-refractivity contribution >= 4 is 56.4 Å². The summed E-state index contributed by atoms with van der Waals surface area (Å²) in [7, 11) is -33.5. The Bertz CT molecular complexity index is 4020. The summed E-state index contributed by atoms with van der Waals surface area (Å²) in [5.41, 5.74) is -25.2. The number of hydrogen-bond acceptors (Lipinski definition) is 11. The number of carbonyl (C=O) groups is 1. The van der Waals surface area contributed by atoms with E-state index in [-0.39, 0.29) is 22.3 Å². The molecule has 86 heavy (non-hydrogen) atoms. The lowest BCUT2D eigenvalue weighted by atomic mass is 10.0. The number of methoxy groups -OCH3 is 1. The van der Waals surface area contributed by atoms with Gasteiger partial charge in [0, 0.05) is 59.6 Å². The van der Waals surface area contributed by atoms with E-state index in [1.165, 1.54) is 30.3 Å². The second-order valence-electron chi connectivity index (χ2n) is 18.7. The van der Waals surface area contributed by atoms with Crippen molar-refractivity contribution < 1.29 is 119 Å².